The van der Waals surface area contributed by atoms with Crippen LogP contribution in [-0.2, 0) is 11.2 Å². The Kier molecular flexibility index (Phi) is 3.21. The van der Waals surface area contributed by atoms with Gasteiger partial charge in [-0.25, -0.2) is 0 Å². The highest BCUT2D eigenvalue weighted by Gasteiger charge is 2.43. The van der Waals surface area contributed by atoms with Gasteiger partial charge >= 0.3 is 0 Å². The molecule has 2 saturated carbocycles. The smallest absolute Gasteiger partial charge is 0.153 e. The zero-order valence-electron chi connectivity index (χ0n) is 10.7. The number of hydrogen-bond acceptors (Lipinski definition) is 2. The van der Waals surface area contributed by atoms with Crippen LogP contribution >= 0.6 is 0 Å². The molecule has 2 aliphatic carbocycles. The summed E-state index contributed by atoms with van der Waals surface area (Å²) < 4.78 is 0. The van der Waals surface area contributed by atoms with Gasteiger partial charge in [0.05, 0.1) is 6.04 Å². The van der Waals surface area contributed by atoms with Gasteiger partial charge in [-0.2, -0.15) is 0 Å². The SMILES string of the molecule is NC(Cc1ccccc1)C(=O)C1CC2CCC1C2. The van der Waals surface area contributed by atoms with E-state index in [-0.39, 0.29) is 12.0 Å². The summed E-state index contributed by atoms with van der Waals surface area (Å²) in [6.07, 6.45) is 5.65. The van der Waals surface area contributed by atoms with Crippen molar-refractivity contribution in [2.45, 2.75) is 38.1 Å². The second-order valence-corrected chi connectivity index (χ2v) is 5.98. The first-order chi connectivity index (χ1) is 8.74. The lowest BCUT2D eigenvalue weighted by Crippen LogP contribution is -2.39. The van der Waals surface area contributed by atoms with Crippen molar-refractivity contribution < 1.29 is 4.79 Å². The molecule has 2 heteroatoms. The molecular formula is C16H21NO. The van der Waals surface area contributed by atoms with Crippen molar-refractivity contribution in [3.63, 3.8) is 0 Å². The molecule has 1 aromatic rings. The quantitative estimate of drug-likeness (QED) is 0.883. The maximum absolute atomic E-state index is 12.4. The highest BCUT2D eigenvalue weighted by atomic mass is 16.1. The van der Waals surface area contributed by atoms with Gasteiger partial charge in [-0.1, -0.05) is 36.8 Å². The summed E-state index contributed by atoms with van der Waals surface area (Å²) >= 11 is 0. The molecular weight excluding hydrogens is 222 g/mol. The Morgan fingerprint density at radius 2 is 2.00 bits per heavy atom. The van der Waals surface area contributed by atoms with Crippen molar-refractivity contribution in [1.82, 2.24) is 0 Å². The summed E-state index contributed by atoms with van der Waals surface area (Å²) in [6.45, 7) is 0. The molecule has 0 aromatic heterocycles. The topological polar surface area (TPSA) is 43.1 Å². The molecule has 0 saturated heterocycles. The Bertz CT molecular complexity index is 428. The van der Waals surface area contributed by atoms with E-state index < -0.39 is 0 Å². The molecule has 0 aliphatic heterocycles. The average Bonchev–Trinajstić information content (AvgIpc) is 3.01. The zero-order valence-corrected chi connectivity index (χ0v) is 10.7. The molecule has 4 atom stereocenters. The van der Waals surface area contributed by atoms with Crippen LogP contribution in [0.4, 0.5) is 0 Å². The molecule has 3 rings (SSSR count). The van der Waals surface area contributed by atoms with Gasteiger partial charge in [-0.15, -0.1) is 0 Å². The third-order valence-electron chi connectivity index (χ3n) is 4.77. The highest BCUT2D eigenvalue weighted by Crippen LogP contribution is 2.48. The third kappa shape index (κ3) is 2.22. The number of carbonyl (C=O) groups is 1. The molecule has 2 nitrogen and oxygen atoms in total. The summed E-state index contributed by atoms with van der Waals surface area (Å²) in [4.78, 5) is 12.4. The maximum Gasteiger partial charge on any atom is 0.153 e. The van der Waals surface area contributed by atoms with Crippen LogP contribution in [0, 0.1) is 17.8 Å². The fraction of sp³-hybridized carbons (Fsp3) is 0.562. The Hall–Kier alpha value is -1.15. The minimum Gasteiger partial charge on any atom is -0.321 e. The summed E-state index contributed by atoms with van der Waals surface area (Å²) in [5, 5.41) is 0. The number of rotatable bonds is 4. The monoisotopic (exact) mass is 243 g/mol. The second kappa shape index (κ2) is 4.85. The molecule has 18 heavy (non-hydrogen) atoms. The van der Waals surface area contributed by atoms with Crippen LogP contribution in [-0.4, -0.2) is 11.8 Å². The molecule has 0 spiro atoms. The summed E-state index contributed by atoms with van der Waals surface area (Å²) in [7, 11) is 0. The molecule has 0 radical (unpaired) electrons. The molecule has 2 fully saturated rings. The normalized spacial score (nSPS) is 31.5. The van der Waals surface area contributed by atoms with Gasteiger partial charge < -0.3 is 5.73 Å². The zero-order chi connectivity index (χ0) is 12.5. The fourth-order valence-corrected chi connectivity index (χ4v) is 3.84. The number of nitrogens with two attached hydrogens (primary N) is 1. The molecule has 96 valence electrons. The Balaban J connectivity index is 1.62. The summed E-state index contributed by atoms with van der Waals surface area (Å²) in [6, 6.07) is 9.79. The van der Waals surface area contributed by atoms with Crippen LogP contribution in [0.25, 0.3) is 0 Å². The minimum atomic E-state index is -0.309. The van der Waals surface area contributed by atoms with E-state index in [1.54, 1.807) is 0 Å². The van der Waals surface area contributed by atoms with Gasteiger partial charge in [0.15, 0.2) is 5.78 Å². The van der Waals surface area contributed by atoms with Crippen molar-refractivity contribution in [1.29, 1.82) is 0 Å². The number of ketones is 1. The van der Waals surface area contributed by atoms with E-state index in [0.717, 1.165) is 12.3 Å². The third-order valence-corrected chi connectivity index (χ3v) is 4.77. The van der Waals surface area contributed by atoms with Crippen LogP contribution in [0.3, 0.4) is 0 Å². The van der Waals surface area contributed by atoms with Crippen molar-refractivity contribution >= 4 is 5.78 Å². The van der Waals surface area contributed by atoms with Crippen LogP contribution < -0.4 is 5.73 Å². The Morgan fingerprint density at radius 1 is 1.22 bits per heavy atom. The summed E-state index contributed by atoms with van der Waals surface area (Å²) in [5.74, 6) is 2.03. The van der Waals surface area contributed by atoms with E-state index in [4.69, 9.17) is 5.73 Å². The lowest BCUT2D eigenvalue weighted by molar-refractivity contribution is -0.125. The number of fused-ring (bicyclic) bond motifs is 2. The Labute approximate surface area is 109 Å². The average molecular weight is 243 g/mol. The standard InChI is InChI=1S/C16H21NO/c17-15(10-11-4-2-1-3-5-11)16(18)14-9-12-6-7-13(14)8-12/h1-5,12-15H,6-10,17H2. The number of hydrogen-bond donors (Lipinski definition) is 1. The van der Waals surface area contributed by atoms with Crippen LogP contribution in [0.2, 0.25) is 0 Å². The molecule has 4 unspecified atom stereocenters. The van der Waals surface area contributed by atoms with Crippen LogP contribution in [0.1, 0.15) is 31.2 Å². The van der Waals surface area contributed by atoms with E-state index in [1.165, 1.54) is 24.8 Å². The first-order valence-electron chi connectivity index (χ1n) is 7.07. The van der Waals surface area contributed by atoms with E-state index >= 15 is 0 Å². The van der Waals surface area contributed by atoms with Gasteiger partial charge in [0.25, 0.3) is 0 Å². The number of carbonyl (C=O) groups excluding carboxylic acids is 1. The first kappa shape index (κ1) is 11.9. The predicted molar refractivity (Wildman–Crippen MR) is 72.1 cm³/mol. The predicted octanol–water partition coefficient (Wildman–Crippen LogP) is 2.56. The molecule has 2 N–H and O–H groups in total. The molecule has 0 heterocycles. The molecule has 0 amide bonds. The van der Waals surface area contributed by atoms with Crippen molar-refractivity contribution in [3.8, 4) is 0 Å². The first-order valence-corrected chi connectivity index (χ1v) is 7.07. The van der Waals surface area contributed by atoms with Gasteiger partial charge in [-0.3, -0.25) is 4.79 Å². The fourth-order valence-electron chi connectivity index (χ4n) is 3.84. The van der Waals surface area contributed by atoms with E-state index in [1.807, 2.05) is 30.3 Å². The lowest BCUT2D eigenvalue weighted by Gasteiger charge is -2.23. The van der Waals surface area contributed by atoms with E-state index in [9.17, 15) is 4.79 Å². The van der Waals surface area contributed by atoms with Gasteiger partial charge in [-0.05, 0) is 43.1 Å². The second-order valence-electron chi connectivity index (χ2n) is 5.98. The maximum atomic E-state index is 12.4. The van der Waals surface area contributed by atoms with Crippen molar-refractivity contribution in [2.24, 2.45) is 23.5 Å². The van der Waals surface area contributed by atoms with Crippen molar-refractivity contribution in [2.75, 3.05) is 0 Å². The minimum absolute atomic E-state index is 0.266. The lowest BCUT2D eigenvalue weighted by atomic mass is 9.82. The van der Waals surface area contributed by atoms with Crippen LogP contribution in [0.15, 0.2) is 30.3 Å². The summed E-state index contributed by atoms with van der Waals surface area (Å²) in [5.41, 5.74) is 7.28. The van der Waals surface area contributed by atoms with Crippen molar-refractivity contribution in [3.05, 3.63) is 35.9 Å². The number of Topliss-reactive ketones (excluding diaryl/α,β-unsaturated/α-hetero) is 1. The van der Waals surface area contributed by atoms with Gasteiger partial charge in [0.1, 0.15) is 0 Å². The van der Waals surface area contributed by atoms with E-state index in [0.29, 0.717) is 18.1 Å². The van der Waals surface area contributed by atoms with Crippen LogP contribution in [0.5, 0.6) is 0 Å². The molecule has 2 bridgehead atoms. The van der Waals surface area contributed by atoms with E-state index in [2.05, 4.69) is 0 Å². The highest BCUT2D eigenvalue weighted by molar-refractivity contribution is 5.87. The number of benzene rings is 1. The molecule has 2 aliphatic rings. The largest absolute Gasteiger partial charge is 0.321 e. The van der Waals surface area contributed by atoms with Gasteiger partial charge in [0.2, 0.25) is 0 Å². The van der Waals surface area contributed by atoms with Gasteiger partial charge in [0, 0.05) is 5.92 Å². The molecule has 1 aromatic carbocycles. The Morgan fingerprint density at radius 3 is 2.61 bits per heavy atom.